The second kappa shape index (κ2) is 6.83. The molecule has 0 bridgehead atoms. The molecule has 5 heteroatoms. The fourth-order valence-corrected chi connectivity index (χ4v) is 1.94. The van der Waals surface area contributed by atoms with Crippen molar-refractivity contribution in [2.24, 2.45) is 0 Å². The summed E-state index contributed by atoms with van der Waals surface area (Å²) in [6.07, 6.45) is 2.58. The molecular weight excluding hydrogens is 264 g/mol. The van der Waals surface area contributed by atoms with Gasteiger partial charge in [-0.3, -0.25) is 9.78 Å². The van der Waals surface area contributed by atoms with Crippen LogP contribution in [0.25, 0.3) is 0 Å². The Bertz CT molecular complexity index is 640. The number of pyridine rings is 2. The molecule has 0 saturated heterocycles. The summed E-state index contributed by atoms with van der Waals surface area (Å²) in [6.45, 7) is 6.68. The number of hydrogen-bond acceptors (Lipinski definition) is 4. The summed E-state index contributed by atoms with van der Waals surface area (Å²) in [5.41, 5.74) is 3.06. The van der Waals surface area contributed by atoms with Crippen molar-refractivity contribution in [2.75, 3.05) is 17.2 Å². The number of hydrogen-bond donors (Lipinski definition) is 2. The summed E-state index contributed by atoms with van der Waals surface area (Å²) >= 11 is 0. The number of amides is 1. The molecule has 21 heavy (non-hydrogen) atoms. The van der Waals surface area contributed by atoms with Gasteiger partial charge >= 0.3 is 0 Å². The van der Waals surface area contributed by atoms with E-state index in [0.29, 0.717) is 11.4 Å². The molecule has 2 aromatic rings. The van der Waals surface area contributed by atoms with Crippen LogP contribution in [-0.4, -0.2) is 22.4 Å². The Morgan fingerprint density at radius 3 is 2.76 bits per heavy atom. The van der Waals surface area contributed by atoms with E-state index in [1.54, 1.807) is 12.3 Å². The van der Waals surface area contributed by atoms with Crippen molar-refractivity contribution in [1.82, 2.24) is 9.97 Å². The molecule has 0 atom stereocenters. The van der Waals surface area contributed by atoms with Crippen molar-refractivity contribution >= 4 is 17.4 Å². The topological polar surface area (TPSA) is 66.9 Å². The second-order valence-electron chi connectivity index (χ2n) is 4.92. The molecule has 110 valence electrons. The van der Waals surface area contributed by atoms with Gasteiger partial charge in [-0.25, -0.2) is 4.98 Å². The zero-order valence-electron chi connectivity index (χ0n) is 12.6. The average molecular weight is 284 g/mol. The number of rotatable bonds is 5. The van der Waals surface area contributed by atoms with Gasteiger partial charge in [0.2, 0.25) is 0 Å². The van der Waals surface area contributed by atoms with Crippen molar-refractivity contribution in [3.63, 3.8) is 0 Å². The van der Waals surface area contributed by atoms with E-state index < -0.39 is 0 Å². The van der Waals surface area contributed by atoms with E-state index in [2.05, 4.69) is 27.5 Å². The van der Waals surface area contributed by atoms with Gasteiger partial charge in [-0.15, -0.1) is 0 Å². The zero-order chi connectivity index (χ0) is 15.2. The molecule has 2 heterocycles. The highest BCUT2D eigenvalue weighted by Crippen LogP contribution is 2.17. The minimum atomic E-state index is -0.209. The van der Waals surface area contributed by atoms with Crippen LogP contribution in [0.15, 0.2) is 30.5 Å². The molecule has 0 aliphatic heterocycles. The van der Waals surface area contributed by atoms with E-state index >= 15 is 0 Å². The normalized spacial score (nSPS) is 10.2. The maximum absolute atomic E-state index is 12.4. The quantitative estimate of drug-likeness (QED) is 0.885. The lowest BCUT2D eigenvalue weighted by molar-refractivity contribution is 0.102. The molecule has 0 radical (unpaired) electrons. The average Bonchev–Trinajstić information content (AvgIpc) is 2.45. The first kappa shape index (κ1) is 15.0. The SMILES string of the molecule is CCCNc1cc(C)ncc1C(=O)Nc1cccc(C)n1. The van der Waals surface area contributed by atoms with Crippen LogP contribution in [0.4, 0.5) is 11.5 Å². The Morgan fingerprint density at radius 1 is 1.24 bits per heavy atom. The highest BCUT2D eigenvalue weighted by atomic mass is 16.1. The summed E-state index contributed by atoms with van der Waals surface area (Å²) in [5, 5.41) is 6.07. The number of carbonyl (C=O) groups is 1. The van der Waals surface area contributed by atoms with E-state index in [1.165, 1.54) is 0 Å². The smallest absolute Gasteiger partial charge is 0.260 e. The van der Waals surface area contributed by atoms with Crippen molar-refractivity contribution in [3.05, 3.63) is 47.4 Å². The minimum Gasteiger partial charge on any atom is -0.384 e. The highest BCUT2D eigenvalue weighted by molar-refractivity contribution is 6.07. The molecule has 1 amide bonds. The van der Waals surface area contributed by atoms with Crippen LogP contribution in [0.5, 0.6) is 0 Å². The van der Waals surface area contributed by atoms with Gasteiger partial charge in [0, 0.05) is 24.1 Å². The van der Waals surface area contributed by atoms with E-state index in [4.69, 9.17) is 0 Å². The summed E-state index contributed by atoms with van der Waals surface area (Å²) in [7, 11) is 0. The van der Waals surface area contributed by atoms with Gasteiger partial charge in [0.15, 0.2) is 0 Å². The number of nitrogens with zero attached hydrogens (tertiary/aromatic N) is 2. The van der Waals surface area contributed by atoms with E-state index in [9.17, 15) is 4.79 Å². The molecule has 5 nitrogen and oxygen atoms in total. The van der Waals surface area contributed by atoms with E-state index in [1.807, 2.05) is 32.0 Å². The van der Waals surface area contributed by atoms with E-state index in [0.717, 1.165) is 30.0 Å². The molecular formula is C16H20N4O. The molecule has 0 aliphatic carbocycles. The zero-order valence-corrected chi connectivity index (χ0v) is 12.6. The third-order valence-electron chi connectivity index (χ3n) is 2.98. The molecule has 0 saturated carbocycles. The van der Waals surface area contributed by atoms with Gasteiger partial charge in [-0.1, -0.05) is 13.0 Å². The summed E-state index contributed by atoms with van der Waals surface area (Å²) in [5.74, 6) is 0.334. The monoisotopic (exact) mass is 284 g/mol. The summed E-state index contributed by atoms with van der Waals surface area (Å²) in [4.78, 5) is 20.9. The highest BCUT2D eigenvalue weighted by Gasteiger charge is 2.13. The van der Waals surface area contributed by atoms with Crippen LogP contribution in [0.2, 0.25) is 0 Å². The first-order valence-electron chi connectivity index (χ1n) is 7.05. The number of aromatic nitrogens is 2. The summed E-state index contributed by atoms with van der Waals surface area (Å²) < 4.78 is 0. The number of aryl methyl sites for hydroxylation is 2. The fourth-order valence-electron chi connectivity index (χ4n) is 1.94. The Kier molecular flexibility index (Phi) is 4.87. The second-order valence-corrected chi connectivity index (χ2v) is 4.92. The van der Waals surface area contributed by atoms with Crippen molar-refractivity contribution in [1.29, 1.82) is 0 Å². The Balaban J connectivity index is 2.22. The summed E-state index contributed by atoms with van der Waals surface area (Å²) in [6, 6.07) is 7.40. The van der Waals surface area contributed by atoms with Crippen LogP contribution >= 0.6 is 0 Å². The Labute approximate surface area is 124 Å². The van der Waals surface area contributed by atoms with Gasteiger partial charge < -0.3 is 10.6 Å². The molecule has 2 aromatic heterocycles. The fraction of sp³-hybridized carbons (Fsp3) is 0.312. The van der Waals surface area contributed by atoms with Crippen molar-refractivity contribution in [2.45, 2.75) is 27.2 Å². The van der Waals surface area contributed by atoms with Crippen LogP contribution in [0, 0.1) is 13.8 Å². The predicted molar refractivity (Wildman–Crippen MR) is 84.7 cm³/mol. The maximum atomic E-state index is 12.4. The van der Waals surface area contributed by atoms with E-state index in [-0.39, 0.29) is 5.91 Å². The first-order valence-corrected chi connectivity index (χ1v) is 7.05. The third kappa shape index (κ3) is 4.02. The first-order chi connectivity index (χ1) is 10.1. The van der Waals surface area contributed by atoms with Crippen LogP contribution in [0.3, 0.4) is 0 Å². The molecule has 0 spiro atoms. The Morgan fingerprint density at radius 2 is 2.05 bits per heavy atom. The van der Waals surface area contributed by atoms with Gasteiger partial charge in [0.05, 0.1) is 11.3 Å². The largest absolute Gasteiger partial charge is 0.384 e. The minimum absolute atomic E-state index is 0.209. The molecule has 2 rings (SSSR count). The molecule has 0 aromatic carbocycles. The number of carbonyl (C=O) groups excluding carboxylic acids is 1. The van der Waals surface area contributed by atoms with Crippen LogP contribution < -0.4 is 10.6 Å². The van der Waals surface area contributed by atoms with Crippen LogP contribution in [-0.2, 0) is 0 Å². The Hall–Kier alpha value is -2.43. The van der Waals surface area contributed by atoms with Crippen molar-refractivity contribution < 1.29 is 4.79 Å². The predicted octanol–water partition coefficient (Wildman–Crippen LogP) is 3.17. The lowest BCUT2D eigenvalue weighted by Gasteiger charge is -2.12. The van der Waals surface area contributed by atoms with Crippen LogP contribution in [0.1, 0.15) is 35.1 Å². The standard InChI is InChI=1S/C16H20N4O/c1-4-8-17-14-9-12(3)18-10-13(14)16(21)20-15-7-5-6-11(2)19-15/h5-7,9-10H,4,8H2,1-3H3,(H,17,18)(H,19,20,21). The van der Waals surface area contributed by atoms with Gasteiger partial charge in [-0.05, 0) is 38.5 Å². The lowest BCUT2D eigenvalue weighted by atomic mass is 10.2. The van der Waals surface area contributed by atoms with Gasteiger partial charge in [-0.2, -0.15) is 0 Å². The molecule has 2 N–H and O–H groups in total. The molecule has 0 fully saturated rings. The molecule has 0 unspecified atom stereocenters. The van der Waals surface area contributed by atoms with Crippen molar-refractivity contribution in [3.8, 4) is 0 Å². The lowest BCUT2D eigenvalue weighted by Crippen LogP contribution is -2.16. The number of anilines is 2. The third-order valence-corrected chi connectivity index (χ3v) is 2.98. The maximum Gasteiger partial charge on any atom is 0.260 e. The number of nitrogens with one attached hydrogen (secondary N) is 2. The van der Waals surface area contributed by atoms with Gasteiger partial charge in [0.25, 0.3) is 5.91 Å². The van der Waals surface area contributed by atoms with Gasteiger partial charge in [0.1, 0.15) is 5.82 Å². The molecule has 0 aliphatic rings.